The number of aliphatic carboxylic acids is 1. The molecule has 1 saturated heterocycles. The molecule has 4 rings (SSSR count). The normalized spacial score (nSPS) is 20.6. The summed E-state index contributed by atoms with van der Waals surface area (Å²) in [4.78, 5) is 41.5. The highest BCUT2D eigenvalue weighted by Crippen LogP contribution is 2.46. The molecule has 2 aromatic rings. The number of carboxylic acids is 1. The van der Waals surface area contributed by atoms with Gasteiger partial charge >= 0.3 is 5.97 Å². The molecule has 2 aliphatic rings. The zero-order valence-electron chi connectivity index (χ0n) is 17.4. The van der Waals surface area contributed by atoms with Crippen LogP contribution in [0.2, 0.25) is 0 Å². The first-order valence-corrected chi connectivity index (χ1v) is 10.2. The number of ether oxygens (including phenoxy) is 1. The van der Waals surface area contributed by atoms with Gasteiger partial charge in [-0.2, -0.15) is 0 Å². The summed E-state index contributed by atoms with van der Waals surface area (Å²) in [7, 11) is 0. The summed E-state index contributed by atoms with van der Waals surface area (Å²) in [6.07, 6.45) is 2.67. The number of nitrogens with zero attached hydrogens (tertiary/aromatic N) is 2. The van der Waals surface area contributed by atoms with Crippen LogP contribution in [-0.4, -0.2) is 56.6 Å². The summed E-state index contributed by atoms with van der Waals surface area (Å²) in [5.74, 6) is -2.44. The molecule has 3 atom stereocenters. The lowest BCUT2D eigenvalue weighted by atomic mass is 9.82. The van der Waals surface area contributed by atoms with Crippen molar-refractivity contribution in [2.24, 2.45) is 5.92 Å². The Bertz CT molecular complexity index is 1080. The van der Waals surface area contributed by atoms with Gasteiger partial charge in [-0.05, 0) is 48.2 Å². The van der Waals surface area contributed by atoms with Crippen LogP contribution in [0, 0.1) is 5.92 Å². The number of hydrogen-bond donors (Lipinski definition) is 3. The molecule has 0 radical (unpaired) electrons. The minimum Gasteiger partial charge on any atom is -0.477 e. The van der Waals surface area contributed by atoms with Gasteiger partial charge in [0.1, 0.15) is 12.3 Å². The highest BCUT2D eigenvalue weighted by molar-refractivity contribution is 6.06. The SMILES string of the molecule is C[C@@H](O)[C@H]1C(=O)N2C(C(=O)O)=C(c3cccc(COCC(=O)Nc4cccnc4)c3)C[C@H]12. The summed E-state index contributed by atoms with van der Waals surface area (Å²) >= 11 is 0. The van der Waals surface area contributed by atoms with Gasteiger partial charge in [0, 0.05) is 6.20 Å². The van der Waals surface area contributed by atoms with Crippen LogP contribution in [0.3, 0.4) is 0 Å². The zero-order chi connectivity index (χ0) is 22.8. The zero-order valence-corrected chi connectivity index (χ0v) is 17.4. The lowest BCUT2D eigenvalue weighted by Crippen LogP contribution is -2.61. The largest absolute Gasteiger partial charge is 0.477 e. The van der Waals surface area contributed by atoms with Gasteiger partial charge in [0.05, 0.1) is 36.6 Å². The molecule has 166 valence electrons. The van der Waals surface area contributed by atoms with E-state index in [1.165, 1.54) is 11.1 Å². The first kappa shape index (κ1) is 21.7. The first-order chi connectivity index (χ1) is 15.4. The van der Waals surface area contributed by atoms with Gasteiger partial charge in [0.25, 0.3) is 0 Å². The predicted octanol–water partition coefficient (Wildman–Crippen LogP) is 1.64. The Balaban J connectivity index is 1.43. The van der Waals surface area contributed by atoms with Crippen LogP contribution >= 0.6 is 0 Å². The molecule has 2 aliphatic heterocycles. The molecule has 3 heterocycles. The number of anilines is 1. The fourth-order valence-electron chi connectivity index (χ4n) is 4.27. The van der Waals surface area contributed by atoms with E-state index in [9.17, 15) is 24.6 Å². The number of amides is 2. The number of hydrogen-bond acceptors (Lipinski definition) is 6. The summed E-state index contributed by atoms with van der Waals surface area (Å²) in [6, 6.07) is 10.3. The summed E-state index contributed by atoms with van der Waals surface area (Å²) in [5, 5.41) is 22.3. The number of benzene rings is 1. The second kappa shape index (κ2) is 8.89. The molecular weight excluding hydrogens is 414 g/mol. The number of aromatic nitrogens is 1. The Morgan fingerprint density at radius 3 is 2.81 bits per heavy atom. The maximum Gasteiger partial charge on any atom is 0.352 e. The molecule has 9 nitrogen and oxygen atoms in total. The molecule has 0 saturated carbocycles. The fourth-order valence-corrected chi connectivity index (χ4v) is 4.27. The minimum absolute atomic E-state index is 0.0363. The van der Waals surface area contributed by atoms with Crippen LogP contribution in [-0.2, 0) is 25.7 Å². The van der Waals surface area contributed by atoms with Gasteiger partial charge in [0.2, 0.25) is 11.8 Å². The number of aliphatic hydroxyl groups is 1. The number of aliphatic hydroxyl groups excluding tert-OH is 1. The number of nitrogens with one attached hydrogen (secondary N) is 1. The van der Waals surface area contributed by atoms with E-state index in [2.05, 4.69) is 10.3 Å². The highest BCUT2D eigenvalue weighted by atomic mass is 16.5. The highest BCUT2D eigenvalue weighted by Gasteiger charge is 2.56. The first-order valence-electron chi connectivity index (χ1n) is 10.2. The molecule has 1 aromatic carbocycles. The van der Waals surface area contributed by atoms with Crippen LogP contribution in [0.15, 0.2) is 54.5 Å². The number of fused-ring (bicyclic) bond motifs is 1. The van der Waals surface area contributed by atoms with Crippen molar-refractivity contribution in [3.8, 4) is 0 Å². The van der Waals surface area contributed by atoms with Crippen molar-refractivity contribution >= 4 is 29.0 Å². The van der Waals surface area contributed by atoms with Crippen molar-refractivity contribution in [1.29, 1.82) is 0 Å². The molecule has 0 unspecified atom stereocenters. The molecule has 0 aliphatic carbocycles. The Morgan fingerprint density at radius 2 is 2.12 bits per heavy atom. The van der Waals surface area contributed by atoms with Crippen LogP contribution < -0.4 is 5.32 Å². The predicted molar refractivity (Wildman–Crippen MR) is 114 cm³/mol. The number of carbonyl (C=O) groups is 3. The average Bonchev–Trinajstić information content (AvgIpc) is 3.10. The van der Waals surface area contributed by atoms with Gasteiger partial charge in [-0.1, -0.05) is 18.2 Å². The lowest BCUT2D eigenvalue weighted by Gasteiger charge is -2.44. The summed E-state index contributed by atoms with van der Waals surface area (Å²) in [6.45, 7) is 1.55. The quantitative estimate of drug-likeness (QED) is 0.536. The standard InChI is InChI=1S/C23H23N3O6/c1-13(27)20-18-9-17(21(23(30)31)26(18)22(20)29)15-5-2-4-14(8-15)11-32-12-19(28)25-16-6-3-7-24-10-16/h2-8,10,13,18,20,27H,9,11-12H2,1H3,(H,25,28)(H,30,31)/t13-,18-,20-/m1/s1. The third kappa shape index (κ3) is 4.12. The van der Waals surface area contributed by atoms with E-state index in [1.807, 2.05) is 6.07 Å². The Labute approximate surface area is 184 Å². The van der Waals surface area contributed by atoms with Crippen molar-refractivity contribution in [1.82, 2.24) is 9.88 Å². The number of carboxylic acid groups (broad SMARTS) is 1. The van der Waals surface area contributed by atoms with Crippen molar-refractivity contribution in [2.75, 3.05) is 11.9 Å². The third-order valence-corrected chi connectivity index (χ3v) is 5.65. The molecule has 1 aromatic heterocycles. The molecule has 0 spiro atoms. The van der Waals surface area contributed by atoms with Crippen molar-refractivity contribution in [2.45, 2.75) is 32.1 Å². The molecule has 0 bridgehead atoms. The van der Waals surface area contributed by atoms with Gasteiger partial charge in [-0.25, -0.2) is 4.79 Å². The van der Waals surface area contributed by atoms with E-state index in [-0.39, 0.29) is 36.8 Å². The maximum absolute atomic E-state index is 12.4. The number of pyridine rings is 1. The van der Waals surface area contributed by atoms with Crippen LogP contribution in [0.4, 0.5) is 5.69 Å². The van der Waals surface area contributed by atoms with Crippen LogP contribution in [0.25, 0.3) is 5.57 Å². The van der Waals surface area contributed by atoms with E-state index in [4.69, 9.17) is 4.74 Å². The molecule has 3 N–H and O–H groups in total. The molecular formula is C23H23N3O6. The van der Waals surface area contributed by atoms with E-state index < -0.39 is 18.0 Å². The smallest absolute Gasteiger partial charge is 0.352 e. The summed E-state index contributed by atoms with van der Waals surface area (Å²) in [5.41, 5.74) is 2.53. The number of β-lactam (4-membered cyclic amide) rings is 1. The van der Waals surface area contributed by atoms with E-state index in [0.29, 0.717) is 23.2 Å². The van der Waals surface area contributed by atoms with Gasteiger partial charge in [-0.3, -0.25) is 14.6 Å². The summed E-state index contributed by atoms with van der Waals surface area (Å²) < 4.78 is 5.50. The fraction of sp³-hybridized carbons (Fsp3) is 0.304. The molecule has 2 amide bonds. The topological polar surface area (TPSA) is 129 Å². The van der Waals surface area contributed by atoms with E-state index in [1.54, 1.807) is 43.5 Å². The minimum atomic E-state index is -1.17. The average molecular weight is 437 g/mol. The van der Waals surface area contributed by atoms with Crippen molar-refractivity contribution in [3.63, 3.8) is 0 Å². The Hall–Kier alpha value is -3.56. The third-order valence-electron chi connectivity index (χ3n) is 5.65. The van der Waals surface area contributed by atoms with Crippen LogP contribution in [0.5, 0.6) is 0 Å². The molecule has 32 heavy (non-hydrogen) atoms. The number of carbonyl (C=O) groups excluding carboxylic acids is 2. The lowest BCUT2D eigenvalue weighted by molar-refractivity contribution is -0.161. The Morgan fingerprint density at radius 1 is 1.31 bits per heavy atom. The van der Waals surface area contributed by atoms with Crippen molar-refractivity contribution < 1.29 is 29.3 Å². The second-order valence-electron chi connectivity index (χ2n) is 7.86. The molecule has 9 heteroatoms. The molecule has 1 fully saturated rings. The van der Waals surface area contributed by atoms with Gasteiger partial charge < -0.3 is 25.2 Å². The van der Waals surface area contributed by atoms with Gasteiger partial charge in [-0.15, -0.1) is 0 Å². The van der Waals surface area contributed by atoms with Crippen LogP contribution in [0.1, 0.15) is 24.5 Å². The van der Waals surface area contributed by atoms with E-state index in [0.717, 1.165) is 5.56 Å². The maximum atomic E-state index is 12.4. The monoisotopic (exact) mass is 437 g/mol. The number of rotatable bonds is 8. The van der Waals surface area contributed by atoms with Crippen molar-refractivity contribution in [3.05, 3.63) is 65.6 Å². The second-order valence-corrected chi connectivity index (χ2v) is 7.86. The van der Waals surface area contributed by atoms with E-state index >= 15 is 0 Å². The van der Waals surface area contributed by atoms with Gasteiger partial charge in [0.15, 0.2) is 0 Å². The Kier molecular flexibility index (Phi) is 6.02.